The summed E-state index contributed by atoms with van der Waals surface area (Å²) in [7, 11) is -0.328. The molecule has 0 atom stereocenters. The van der Waals surface area contributed by atoms with E-state index in [0.717, 1.165) is 0 Å². The van der Waals surface area contributed by atoms with Gasteiger partial charge in [-0.2, -0.15) is 17.0 Å². The molecule has 0 aromatic heterocycles. The maximum Gasteiger partial charge on any atom is 0.281 e. The highest BCUT2D eigenvalue weighted by molar-refractivity contribution is 7.86. The predicted molar refractivity (Wildman–Crippen MR) is 88.4 cm³/mol. The van der Waals surface area contributed by atoms with Gasteiger partial charge in [0.15, 0.2) is 0 Å². The van der Waals surface area contributed by atoms with Gasteiger partial charge in [0, 0.05) is 38.1 Å². The highest BCUT2D eigenvalue weighted by Gasteiger charge is 2.30. The highest BCUT2D eigenvalue weighted by Crippen LogP contribution is 2.17. The molecule has 0 saturated carbocycles. The minimum absolute atomic E-state index is 0.0194. The molecule has 1 aromatic rings. The summed E-state index contributed by atoms with van der Waals surface area (Å²) in [5, 5.41) is 2.95. The maximum atomic E-state index is 12.2. The van der Waals surface area contributed by atoms with Crippen molar-refractivity contribution in [3.63, 3.8) is 0 Å². The first-order valence-electron chi connectivity index (χ1n) is 7.09. The Morgan fingerprint density at radius 3 is 2.41 bits per heavy atom. The molecular formula is C14H21N3O3S2. The SMILES string of the molecule is CN(C)S(=O)(=O)N1CCC(NC(=O)c2ccccc2S)CC1. The molecule has 1 heterocycles. The molecule has 1 aromatic carbocycles. The van der Waals surface area contributed by atoms with E-state index >= 15 is 0 Å². The van der Waals surface area contributed by atoms with Crippen molar-refractivity contribution in [2.24, 2.45) is 0 Å². The predicted octanol–water partition coefficient (Wildman–Crippen LogP) is 0.976. The molecule has 22 heavy (non-hydrogen) atoms. The Hall–Kier alpha value is -1.09. The second kappa shape index (κ2) is 6.99. The van der Waals surface area contributed by atoms with Crippen molar-refractivity contribution in [2.45, 2.75) is 23.8 Å². The second-order valence-electron chi connectivity index (χ2n) is 5.45. The van der Waals surface area contributed by atoms with Crippen LogP contribution in [-0.4, -0.2) is 56.2 Å². The average Bonchev–Trinajstić information content (AvgIpc) is 2.48. The summed E-state index contributed by atoms with van der Waals surface area (Å²) in [6.07, 6.45) is 1.21. The molecule has 1 aliphatic heterocycles. The monoisotopic (exact) mass is 343 g/mol. The number of nitrogens with zero attached hydrogens (tertiary/aromatic N) is 2. The minimum Gasteiger partial charge on any atom is -0.349 e. The number of nitrogens with one attached hydrogen (secondary N) is 1. The normalized spacial score (nSPS) is 17.6. The number of piperidine rings is 1. The summed E-state index contributed by atoms with van der Waals surface area (Å²) in [4.78, 5) is 12.9. The van der Waals surface area contributed by atoms with Crippen molar-refractivity contribution in [3.05, 3.63) is 29.8 Å². The van der Waals surface area contributed by atoms with Gasteiger partial charge in [-0.25, -0.2) is 0 Å². The largest absolute Gasteiger partial charge is 0.349 e. The van der Waals surface area contributed by atoms with E-state index < -0.39 is 10.2 Å². The van der Waals surface area contributed by atoms with Crippen LogP contribution in [0, 0.1) is 0 Å². The number of hydrogen-bond donors (Lipinski definition) is 2. The molecule has 0 radical (unpaired) electrons. The lowest BCUT2D eigenvalue weighted by molar-refractivity contribution is 0.0920. The molecule has 1 N–H and O–H groups in total. The van der Waals surface area contributed by atoms with Gasteiger partial charge in [-0.1, -0.05) is 12.1 Å². The zero-order valence-electron chi connectivity index (χ0n) is 12.7. The van der Waals surface area contributed by atoms with Crippen LogP contribution in [0.2, 0.25) is 0 Å². The number of hydrogen-bond acceptors (Lipinski definition) is 4. The fourth-order valence-corrected chi connectivity index (χ4v) is 3.79. The number of carbonyl (C=O) groups is 1. The minimum atomic E-state index is -3.37. The summed E-state index contributed by atoms with van der Waals surface area (Å²) in [6, 6.07) is 7.09. The Morgan fingerprint density at radius 1 is 1.27 bits per heavy atom. The van der Waals surface area contributed by atoms with Gasteiger partial charge >= 0.3 is 0 Å². The smallest absolute Gasteiger partial charge is 0.281 e. The number of amides is 1. The van der Waals surface area contributed by atoms with Crippen LogP contribution in [0.25, 0.3) is 0 Å². The average molecular weight is 343 g/mol. The topological polar surface area (TPSA) is 69.7 Å². The zero-order valence-corrected chi connectivity index (χ0v) is 14.4. The van der Waals surface area contributed by atoms with Gasteiger partial charge < -0.3 is 5.32 Å². The van der Waals surface area contributed by atoms with E-state index in [4.69, 9.17) is 0 Å². The van der Waals surface area contributed by atoms with Gasteiger partial charge in [-0.3, -0.25) is 4.79 Å². The lowest BCUT2D eigenvalue weighted by Gasteiger charge is -2.33. The van der Waals surface area contributed by atoms with Crippen LogP contribution in [0.4, 0.5) is 0 Å². The number of carbonyl (C=O) groups excluding carboxylic acids is 1. The molecule has 0 unspecified atom stereocenters. The van der Waals surface area contributed by atoms with Crippen molar-refractivity contribution < 1.29 is 13.2 Å². The molecule has 2 rings (SSSR count). The van der Waals surface area contributed by atoms with Gasteiger partial charge in [0.1, 0.15) is 0 Å². The van der Waals surface area contributed by atoms with E-state index in [0.29, 0.717) is 36.4 Å². The zero-order chi connectivity index (χ0) is 16.3. The van der Waals surface area contributed by atoms with Gasteiger partial charge in [-0.15, -0.1) is 12.6 Å². The fourth-order valence-electron chi connectivity index (χ4n) is 2.39. The summed E-state index contributed by atoms with van der Waals surface area (Å²) in [5.41, 5.74) is 0.536. The Bertz CT molecular complexity index is 638. The Kier molecular flexibility index (Phi) is 5.49. The van der Waals surface area contributed by atoms with Crippen LogP contribution < -0.4 is 5.32 Å². The number of benzene rings is 1. The quantitative estimate of drug-likeness (QED) is 0.801. The van der Waals surface area contributed by atoms with Crippen molar-refractivity contribution in [3.8, 4) is 0 Å². The molecule has 0 aliphatic carbocycles. The molecule has 1 fully saturated rings. The standard InChI is InChI=1S/C14H21N3O3S2/c1-16(2)22(19,20)17-9-7-11(8-10-17)15-14(18)12-5-3-4-6-13(12)21/h3-6,11,21H,7-10H2,1-2H3,(H,15,18). The maximum absolute atomic E-state index is 12.2. The summed E-state index contributed by atoms with van der Waals surface area (Å²) >= 11 is 4.28. The fraction of sp³-hybridized carbons (Fsp3) is 0.500. The molecule has 0 bridgehead atoms. The highest BCUT2D eigenvalue weighted by atomic mass is 32.2. The number of rotatable bonds is 4. The molecule has 8 heteroatoms. The third-order valence-electron chi connectivity index (χ3n) is 3.73. The van der Waals surface area contributed by atoms with Gasteiger partial charge in [0.05, 0.1) is 5.56 Å². The third kappa shape index (κ3) is 3.81. The molecule has 1 amide bonds. The van der Waals surface area contributed by atoms with Crippen LogP contribution in [0.1, 0.15) is 23.2 Å². The Balaban J connectivity index is 1.93. The first kappa shape index (κ1) is 17.3. The molecule has 1 saturated heterocycles. The Labute approximate surface area is 137 Å². The Morgan fingerprint density at radius 2 is 1.86 bits per heavy atom. The number of thiol groups is 1. The van der Waals surface area contributed by atoms with Crippen molar-refractivity contribution in [1.29, 1.82) is 0 Å². The van der Waals surface area contributed by atoms with E-state index in [1.165, 1.54) is 22.7 Å². The second-order valence-corrected chi connectivity index (χ2v) is 8.08. The van der Waals surface area contributed by atoms with E-state index in [2.05, 4.69) is 17.9 Å². The summed E-state index contributed by atoms with van der Waals surface area (Å²) in [5.74, 6) is -0.167. The van der Waals surface area contributed by atoms with Crippen molar-refractivity contribution in [1.82, 2.24) is 13.9 Å². The first-order valence-corrected chi connectivity index (χ1v) is 8.93. The van der Waals surface area contributed by atoms with Crippen LogP contribution in [0.5, 0.6) is 0 Å². The van der Waals surface area contributed by atoms with Crippen molar-refractivity contribution >= 4 is 28.7 Å². The lowest BCUT2D eigenvalue weighted by atomic mass is 10.1. The van der Waals surface area contributed by atoms with Crippen LogP contribution in [0.15, 0.2) is 29.2 Å². The first-order chi connectivity index (χ1) is 10.3. The van der Waals surface area contributed by atoms with E-state index in [1.54, 1.807) is 18.2 Å². The van der Waals surface area contributed by atoms with E-state index in [-0.39, 0.29) is 11.9 Å². The molecule has 0 spiro atoms. The van der Waals surface area contributed by atoms with Crippen LogP contribution >= 0.6 is 12.6 Å². The van der Waals surface area contributed by atoms with E-state index in [9.17, 15) is 13.2 Å². The summed E-state index contributed by atoms with van der Waals surface area (Å²) < 4.78 is 26.7. The van der Waals surface area contributed by atoms with Crippen LogP contribution in [-0.2, 0) is 10.2 Å². The lowest BCUT2D eigenvalue weighted by Crippen LogP contribution is -2.49. The van der Waals surface area contributed by atoms with E-state index in [1.807, 2.05) is 6.07 Å². The van der Waals surface area contributed by atoms with Gasteiger partial charge in [0.25, 0.3) is 16.1 Å². The van der Waals surface area contributed by atoms with Crippen molar-refractivity contribution in [2.75, 3.05) is 27.2 Å². The molecule has 122 valence electrons. The molecule has 6 nitrogen and oxygen atoms in total. The summed E-state index contributed by atoms with van der Waals surface area (Å²) in [6.45, 7) is 0.821. The molecule has 1 aliphatic rings. The third-order valence-corrected chi connectivity index (χ3v) is 6.06. The molecular weight excluding hydrogens is 322 g/mol. The van der Waals surface area contributed by atoms with Gasteiger partial charge in [-0.05, 0) is 25.0 Å². The van der Waals surface area contributed by atoms with Gasteiger partial charge in [0.2, 0.25) is 0 Å². The van der Waals surface area contributed by atoms with Crippen LogP contribution in [0.3, 0.4) is 0 Å².